The summed E-state index contributed by atoms with van der Waals surface area (Å²) in [6.07, 6.45) is 91.7. The van der Waals surface area contributed by atoms with Gasteiger partial charge in [-0.05, 0) is 116 Å². The molecule has 0 radical (unpaired) electrons. The van der Waals surface area contributed by atoms with Crippen LogP contribution in [0.2, 0.25) is 0 Å². The van der Waals surface area contributed by atoms with Crippen LogP contribution in [0, 0.1) is 0 Å². The van der Waals surface area contributed by atoms with Crippen LogP contribution in [0.15, 0.2) is 134 Å². The molecule has 0 bridgehead atoms. The summed E-state index contributed by atoms with van der Waals surface area (Å²) in [5, 5.41) is 0. The van der Waals surface area contributed by atoms with Gasteiger partial charge >= 0.3 is 17.9 Å². The number of unbranched alkanes of at least 4 members (excludes halogenated alkanes) is 24. The topological polar surface area (TPSA) is 78.9 Å². The Balaban J connectivity index is 4.40. The van der Waals surface area contributed by atoms with Crippen molar-refractivity contribution in [2.24, 2.45) is 0 Å². The summed E-state index contributed by atoms with van der Waals surface area (Å²) in [7, 11) is 0. The van der Waals surface area contributed by atoms with Crippen LogP contribution in [-0.2, 0) is 28.6 Å². The highest BCUT2D eigenvalue weighted by atomic mass is 16.6. The third-order valence-corrected chi connectivity index (χ3v) is 13.4. The maximum atomic E-state index is 12.9. The first kappa shape index (κ1) is 73.5. The molecule has 0 fully saturated rings. The molecule has 0 amide bonds. The van der Waals surface area contributed by atoms with E-state index in [1.54, 1.807) is 0 Å². The lowest BCUT2D eigenvalue weighted by Crippen LogP contribution is -2.30. The molecule has 0 aromatic carbocycles. The molecule has 0 aromatic rings. The Morgan fingerprint density at radius 3 is 0.782 bits per heavy atom. The zero-order valence-electron chi connectivity index (χ0n) is 50.6. The van der Waals surface area contributed by atoms with Gasteiger partial charge < -0.3 is 14.2 Å². The second-order valence-electron chi connectivity index (χ2n) is 20.9. The van der Waals surface area contributed by atoms with E-state index in [1.165, 1.54) is 83.5 Å². The minimum absolute atomic E-state index is 0.0967. The number of carbonyl (C=O) groups is 3. The van der Waals surface area contributed by atoms with Gasteiger partial charge in [0.25, 0.3) is 0 Å². The highest BCUT2D eigenvalue weighted by Gasteiger charge is 2.19. The van der Waals surface area contributed by atoms with Gasteiger partial charge in [0.15, 0.2) is 6.10 Å². The molecule has 0 spiro atoms. The average Bonchev–Trinajstić information content (AvgIpc) is 3.44. The predicted molar refractivity (Wildman–Crippen MR) is 339 cm³/mol. The Bertz CT molecular complexity index is 1670. The highest BCUT2D eigenvalue weighted by molar-refractivity contribution is 5.71. The Labute approximate surface area is 481 Å². The van der Waals surface area contributed by atoms with E-state index in [1.807, 2.05) is 0 Å². The number of hydrogen-bond acceptors (Lipinski definition) is 6. The number of carbonyl (C=O) groups excluding carboxylic acids is 3. The molecular weight excluding hydrogens is 961 g/mol. The van der Waals surface area contributed by atoms with E-state index >= 15 is 0 Å². The van der Waals surface area contributed by atoms with Crippen molar-refractivity contribution in [2.75, 3.05) is 13.2 Å². The Kier molecular flexibility index (Phi) is 61.4. The standard InChI is InChI=1S/C72H118O6/c1-4-7-10-13-16-19-22-25-28-30-31-32-33-34-35-36-37-38-39-40-41-42-45-47-50-53-56-59-62-65-71(74)77-68-69(67-76-70(73)64-61-58-55-52-49-46-43-27-24-21-18-15-12-9-6-3)78-72(75)66-63-60-57-54-51-48-44-29-26-23-20-17-14-11-8-5-2/h7,9-10,12,16,18-19,21,25,27-28,31-32,34-35,37-38,40-41,43,45,47,69H,4-6,8,11,13-15,17,20,22-24,26,29-30,33,36,39,42,44,46,48-68H2,1-3H3/b10-7-,12-9-,19-16-,21-18-,28-25-,32-31-,35-34-,38-37-,41-40-,43-27-,47-45-. The molecule has 0 N–H and O–H groups in total. The third-order valence-electron chi connectivity index (χ3n) is 13.4. The molecule has 0 saturated carbocycles. The molecular formula is C72H118O6. The summed E-state index contributed by atoms with van der Waals surface area (Å²) in [4.78, 5) is 38.3. The SMILES string of the molecule is CC/C=C\C/C=C\C/C=C\C/C=C\C/C=C\C/C=C\C/C=C\C/C=C\CCCCCCC(=O)OCC(COC(=O)CCCCCCC/C=C\C/C=C\C/C=C\CC)OC(=O)CCCCCCCCCCCCCCCCCC. The molecule has 6 heteroatoms. The smallest absolute Gasteiger partial charge is 0.306 e. The van der Waals surface area contributed by atoms with Crippen molar-refractivity contribution >= 4 is 17.9 Å². The van der Waals surface area contributed by atoms with Crippen LogP contribution in [-0.4, -0.2) is 37.2 Å². The predicted octanol–water partition coefficient (Wildman–Crippen LogP) is 22.2. The summed E-state index contributed by atoms with van der Waals surface area (Å²) < 4.78 is 16.9. The first-order valence-corrected chi connectivity index (χ1v) is 32.2. The zero-order valence-corrected chi connectivity index (χ0v) is 50.6. The van der Waals surface area contributed by atoms with E-state index in [0.29, 0.717) is 19.3 Å². The van der Waals surface area contributed by atoms with Gasteiger partial charge in [-0.1, -0.05) is 283 Å². The first-order valence-electron chi connectivity index (χ1n) is 32.2. The first-order chi connectivity index (χ1) is 38.5. The van der Waals surface area contributed by atoms with Gasteiger partial charge in [0.05, 0.1) is 0 Å². The van der Waals surface area contributed by atoms with Gasteiger partial charge in [0.1, 0.15) is 13.2 Å². The van der Waals surface area contributed by atoms with Crippen LogP contribution < -0.4 is 0 Å². The van der Waals surface area contributed by atoms with Gasteiger partial charge in [-0.25, -0.2) is 0 Å². The number of rotatable bonds is 57. The zero-order chi connectivity index (χ0) is 56.4. The molecule has 0 aliphatic carbocycles. The van der Waals surface area contributed by atoms with Gasteiger partial charge in [-0.2, -0.15) is 0 Å². The van der Waals surface area contributed by atoms with Crippen LogP contribution in [0.4, 0.5) is 0 Å². The quantitative estimate of drug-likeness (QED) is 0.0261. The van der Waals surface area contributed by atoms with E-state index in [-0.39, 0.29) is 31.1 Å². The number of ether oxygens (including phenoxy) is 3. The fourth-order valence-electron chi connectivity index (χ4n) is 8.65. The summed E-state index contributed by atoms with van der Waals surface area (Å²) >= 11 is 0. The Morgan fingerprint density at radius 2 is 0.500 bits per heavy atom. The largest absolute Gasteiger partial charge is 0.462 e. The molecule has 1 unspecified atom stereocenters. The lowest BCUT2D eigenvalue weighted by atomic mass is 10.0. The average molecular weight is 1080 g/mol. The monoisotopic (exact) mass is 1080 g/mol. The van der Waals surface area contributed by atoms with Crippen molar-refractivity contribution in [1.29, 1.82) is 0 Å². The minimum atomic E-state index is -0.800. The molecule has 78 heavy (non-hydrogen) atoms. The van der Waals surface area contributed by atoms with Gasteiger partial charge in [0, 0.05) is 19.3 Å². The molecule has 0 aromatic heterocycles. The molecule has 0 rings (SSSR count). The Hall–Kier alpha value is -4.45. The maximum Gasteiger partial charge on any atom is 0.306 e. The van der Waals surface area contributed by atoms with E-state index in [4.69, 9.17) is 14.2 Å². The fourth-order valence-corrected chi connectivity index (χ4v) is 8.65. The molecule has 0 aliphatic rings. The summed E-state index contributed by atoms with van der Waals surface area (Å²) in [6, 6.07) is 0. The Morgan fingerprint density at radius 1 is 0.269 bits per heavy atom. The minimum Gasteiger partial charge on any atom is -0.462 e. The van der Waals surface area contributed by atoms with Crippen LogP contribution in [0.3, 0.4) is 0 Å². The second-order valence-corrected chi connectivity index (χ2v) is 20.9. The highest BCUT2D eigenvalue weighted by Crippen LogP contribution is 2.16. The summed E-state index contributed by atoms with van der Waals surface area (Å²) in [5.41, 5.74) is 0. The van der Waals surface area contributed by atoms with Crippen molar-refractivity contribution in [2.45, 2.75) is 290 Å². The van der Waals surface area contributed by atoms with Crippen molar-refractivity contribution in [3.8, 4) is 0 Å². The molecule has 0 heterocycles. The van der Waals surface area contributed by atoms with E-state index in [2.05, 4.69) is 154 Å². The molecule has 0 saturated heterocycles. The van der Waals surface area contributed by atoms with Crippen LogP contribution >= 0.6 is 0 Å². The summed E-state index contributed by atoms with van der Waals surface area (Å²) in [5.74, 6) is -0.933. The van der Waals surface area contributed by atoms with Gasteiger partial charge in [0.2, 0.25) is 0 Å². The van der Waals surface area contributed by atoms with Gasteiger partial charge in [-0.15, -0.1) is 0 Å². The van der Waals surface area contributed by atoms with Crippen molar-refractivity contribution in [1.82, 2.24) is 0 Å². The number of allylic oxidation sites excluding steroid dienone is 22. The molecule has 0 aliphatic heterocycles. The molecule has 6 nitrogen and oxygen atoms in total. The second kappa shape index (κ2) is 65.1. The van der Waals surface area contributed by atoms with Crippen LogP contribution in [0.5, 0.6) is 0 Å². The van der Waals surface area contributed by atoms with Crippen LogP contribution in [0.1, 0.15) is 284 Å². The van der Waals surface area contributed by atoms with Crippen LogP contribution in [0.25, 0.3) is 0 Å². The van der Waals surface area contributed by atoms with E-state index in [0.717, 1.165) is 161 Å². The third kappa shape index (κ3) is 62.4. The van der Waals surface area contributed by atoms with Crippen molar-refractivity contribution in [3.63, 3.8) is 0 Å². The molecule has 1 atom stereocenters. The lowest BCUT2D eigenvalue weighted by molar-refractivity contribution is -0.167. The van der Waals surface area contributed by atoms with Gasteiger partial charge in [-0.3, -0.25) is 14.4 Å². The van der Waals surface area contributed by atoms with Crippen molar-refractivity contribution in [3.05, 3.63) is 134 Å². The number of hydrogen-bond donors (Lipinski definition) is 0. The summed E-state index contributed by atoms with van der Waals surface area (Å²) in [6.45, 7) is 6.39. The fraction of sp³-hybridized carbons (Fsp3) is 0.653. The van der Waals surface area contributed by atoms with Crippen molar-refractivity contribution < 1.29 is 28.6 Å². The lowest BCUT2D eigenvalue weighted by Gasteiger charge is -2.18. The number of esters is 3. The maximum absolute atomic E-state index is 12.9. The van der Waals surface area contributed by atoms with E-state index in [9.17, 15) is 14.4 Å². The van der Waals surface area contributed by atoms with E-state index < -0.39 is 6.10 Å². The normalized spacial score (nSPS) is 13.0. The molecule has 442 valence electrons.